The van der Waals surface area contributed by atoms with Gasteiger partial charge in [-0.3, -0.25) is 8.98 Å². The summed E-state index contributed by atoms with van der Waals surface area (Å²) in [5, 5.41) is 0. The van der Waals surface area contributed by atoms with Gasteiger partial charge in [0, 0.05) is 0 Å². The van der Waals surface area contributed by atoms with Crippen molar-refractivity contribution in [3.05, 3.63) is 42.0 Å². The zero-order chi connectivity index (χ0) is 16.3. The largest absolute Gasteiger partial charge is 0.299 e. The Balaban J connectivity index is 2.15. The Morgan fingerprint density at radius 1 is 1.00 bits per heavy atom. The van der Waals surface area contributed by atoms with Crippen molar-refractivity contribution in [1.82, 2.24) is 0 Å². The average molecular weight is 324 g/mol. The first-order chi connectivity index (χ1) is 10.6. The van der Waals surface area contributed by atoms with Gasteiger partial charge in [-0.15, -0.1) is 0 Å². The van der Waals surface area contributed by atoms with Gasteiger partial charge in [-0.1, -0.05) is 43.0 Å². The topological polar surface area (TPSA) is 60.4 Å². The first kappa shape index (κ1) is 18.6. The van der Waals surface area contributed by atoms with Crippen molar-refractivity contribution >= 4 is 16.4 Å². The SMILES string of the molecule is Cc1ccc(S(=O)(=O)OCCCCCCC/C=C/C=O)cc1. The Bertz CT molecular complexity index is 559. The molecule has 0 fully saturated rings. The van der Waals surface area contributed by atoms with Crippen molar-refractivity contribution in [3.8, 4) is 0 Å². The van der Waals surface area contributed by atoms with Gasteiger partial charge in [-0.25, -0.2) is 0 Å². The minimum Gasteiger partial charge on any atom is -0.299 e. The highest BCUT2D eigenvalue weighted by Crippen LogP contribution is 2.14. The molecule has 0 N–H and O–H groups in total. The maximum absolute atomic E-state index is 11.9. The molecule has 0 unspecified atom stereocenters. The van der Waals surface area contributed by atoms with Gasteiger partial charge in [0.1, 0.15) is 6.29 Å². The molecule has 0 spiro atoms. The predicted molar refractivity (Wildman–Crippen MR) is 87.2 cm³/mol. The number of aryl methyl sites for hydroxylation is 1. The number of aldehydes is 1. The Morgan fingerprint density at radius 2 is 1.64 bits per heavy atom. The van der Waals surface area contributed by atoms with Crippen LogP contribution in [0.4, 0.5) is 0 Å². The number of allylic oxidation sites excluding steroid dienone is 2. The summed E-state index contributed by atoms with van der Waals surface area (Å²) in [6, 6.07) is 6.65. The summed E-state index contributed by atoms with van der Waals surface area (Å²) in [6.07, 6.45) is 9.93. The molecular weight excluding hydrogens is 300 g/mol. The predicted octanol–water partition coefficient (Wildman–Crippen LogP) is 3.80. The Labute approximate surface area is 133 Å². The second kappa shape index (κ2) is 10.3. The van der Waals surface area contributed by atoms with E-state index in [4.69, 9.17) is 4.18 Å². The van der Waals surface area contributed by atoms with E-state index < -0.39 is 10.1 Å². The summed E-state index contributed by atoms with van der Waals surface area (Å²) >= 11 is 0. The Kier molecular flexibility index (Phi) is 8.70. The molecule has 4 nitrogen and oxygen atoms in total. The summed E-state index contributed by atoms with van der Waals surface area (Å²) in [7, 11) is -3.63. The van der Waals surface area contributed by atoms with E-state index in [-0.39, 0.29) is 11.5 Å². The highest BCUT2D eigenvalue weighted by atomic mass is 32.2. The molecule has 0 aliphatic heterocycles. The van der Waals surface area contributed by atoms with E-state index in [1.165, 1.54) is 6.08 Å². The van der Waals surface area contributed by atoms with Crippen molar-refractivity contribution < 1.29 is 17.4 Å². The maximum atomic E-state index is 11.9. The van der Waals surface area contributed by atoms with E-state index in [9.17, 15) is 13.2 Å². The fourth-order valence-electron chi connectivity index (χ4n) is 1.99. The van der Waals surface area contributed by atoms with Crippen LogP contribution in [-0.2, 0) is 19.1 Å². The van der Waals surface area contributed by atoms with Crippen molar-refractivity contribution in [2.45, 2.75) is 50.3 Å². The van der Waals surface area contributed by atoms with E-state index in [2.05, 4.69) is 0 Å². The van der Waals surface area contributed by atoms with E-state index in [1.807, 2.05) is 13.0 Å². The normalized spacial score (nSPS) is 11.9. The summed E-state index contributed by atoms with van der Waals surface area (Å²) in [4.78, 5) is 10.3. The van der Waals surface area contributed by atoms with Crippen LogP contribution < -0.4 is 0 Å². The van der Waals surface area contributed by atoms with Crippen LogP contribution in [0.5, 0.6) is 0 Å². The first-order valence-corrected chi connectivity index (χ1v) is 9.03. The van der Waals surface area contributed by atoms with Crippen LogP contribution in [0.15, 0.2) is 41.3 Å². The lowest BCUT2D eigenvalue weighted by atomic mass is 10.1. The highest BCUT2D eigenvalue weighted by Gasteiger charge is 2.14. The number of carbonyl (C=O) groups is 1. The molecular formula is C17H24O4S. The molecule has 1 aromatic carbocycles. The third-order valence-corrected chi connectivity index (χ3v) is 4.60. The summed E-state index contributed by atoms with van der Waals surface area (Å²) < 4.78 is 28.9. The van der Waals surface area contributed by atoms with Gasteiger partial charge in [0.25, 0.3) is 10.1 Å². The molecule has 0 radical (unpaired) electrons. The van der Waals surface area contributed by atoms with Crippen molar-refractivity contribution in [2.24, 2.45) is 0 Å². The number of hydrogen-bond acceptors (Lipinski definition) is 4. The monoisotopic (exact) mass is 324 g/mol. The fourth-order valence-corrected chi connectivity index (χ4v) is 2.93. The number of rotatable bonds is 11. The molecule has 0 saturated heterocycles. The van der Waals surface area contributed by atoms with E-state index in [0.29, 0.717) is 0 Å². The number of carbonyl (C=O) groups excluding carboxylic acids is 1. The number of unbranched alkanes of at least 4 members (excludes halogenated alkanes) is 5. The molecule has 0 aliphatic carbocycles. The molecule has 0 aliphatic rings. The summed E-state index contributed by atoms with van der Waals surface area (Å²) in [5.41, 5.74) is 1.02. The van der Waals surface area contributed by atoms with Gasteiger partial charge in [-0.2, -0.15) is 8.42 Å². The van der Waals surface area contributed by atoms with Crippen LogP contribution in [0.1, 0.15) is 44.1 Å². The van der Waals surface area contributed by atoms with Crippen LogP contribution in [0.2, 0.25) is 0 Å². The van der Waals surface area contributed by atoms with Crippen LogP contribution in [0, 0.1) is 6.92 Å². The molecule has 1 aromatic rings. The summed E-state index contributed by atoms with van der Waals surface area (Å²) in [6.45, 7) is 2.13. The average Bonchev–Trinajstić information content (AvgIpc) is 2.49. The van der Waals surface area contributed by atoms with E-state index in [0.717, 1.165) is 50.4 Å². The molecule has 0 aromatic heterocycles. The van der Waals surface area contributed by atoms with E-state index >= 15 is 0 Å². The Hall–Kier alpha value is -1.46. The lowest BCUT2D eigenvalue weighted by molar-refractivity contribution is -0.104. The van der Waals surface area contributed by atoms with Crippen LogP contribution in [0.25, 0.3) is 0 Å². The zero-order valence-corrected chi connectivity index (χ0v) is 13.8. The van der Waals surface area contributed by atoms with Crippen molar-refractivity contribution in [1.29, 1.82) is 0 Å². The van der Waals surface area contributed by atoms with Crippen molar-refractivity contribution in [2.75, 3.05) is 6.61 Å². The molecule has 0 bridgehead atoms. The maximum Gasteiger partial charge on any atom is 0.296 e. The van der Waals surface area contributed by atoms with Gasteiger partial charge >= 0.3 is 0 Å². The molecule has 0 amide bonds. The number of benzene rings is 1. The van der Waals surface area contributed by atoms with Crippen LogP contribution in [0.3, 0.4) is 0 Å². The van der Waals surface area contributed by atoms with Crippen molar-refractivity contribution in [3.63, 3.8) is 0 Å². The Morgan fingerprint density at radius 3 is 2.32 bits per heavy atom. The molecule has 0 heterocycles. The van der Waals surface area contributed by atoms with Crippen LogP contribution in [-0.4, -0.2) is 21.3 Å². The van der Waals surface area contributed by atoms with Gasteiger partial charge < -0.3 is 0 Å². The third kappa shape index (κ3) is 7.52. The second-order valence-corrected chi connectivity index (χ2v) is 6.83. The van der Waals surface area contributed by atoms with E-state index in [1.54, 1.807) is 24.3 Å². The zero-order valence-electron chi connectivity index (χ0n) is 13.0. The second-order valence-electron chi connectivity index (χ2n) is 5.21. The van der Waals surface area contributed by atoms with Crippen LogP contribution >= 0.6 is 0 Å². The molecule has 0 atom stereocenters. The molecule has 122 valence electrons. The molecule has 1 rings (SSSR count). The molecule has 5 heteroatoms. The van der Waals surface area contributed by atoms with Gasteiger partial charge in [0.05, 0.1) is 11.5 Å². The quantitative estimate of drug-likeness (QED) is 0.269. The van der Waals surface area contributed by atoms with Gasteiger partial charge in [-0.05, 0) is 44.4 Å². The smallest absolute Gasteiger partial charge is 0.296 e. The molecule has 0 saturated carbocycles. The number of hydrogen-bond donors (Lipinski definition) is 0. The summed E-state index contributed by atoms with van der Waals surface area (Å²) in [5.74, 6) is 0. The first-order valence-electron chi connectivity index (χ1n) is 7.62. The minimum absolute atomic E-state index is 0.208. The van der Waals surface area contributed by atoms with Gasteiger partial charge in [0.2, 0.25) is 0 Å². The van der Waals surface area contributed by atoms with Gasteiger partial charge in [0.15, 0.2) is 0 Å². The fraction of sp³-hybridized carbons (Fsp3) is 0.471. The lowest BCUT2D eigenvalue weighted by Gasteiger charge is -2.06. The minimum atomic E-state index is -3.63. The standard InChI is InChI=1S/C17H24O4S/c1-16-10-12-17(13-11-16)22(19,20)21-15-9-7-5-3-2-4-6-8-14-18/h6,8,10-14H,2-5,7,9,15H2,1H3/b8-6+. The highest BCUT2D eigenvalue weighted by molar-refractivity contribution is 7.86. The third-order valence-electron chi connectivity index (χ3n) is 3.28. The molecule has 22 heavy (non-hydrogen) atoms. The lowest BCUT2D eigenvalue weighted by Crippen LogP contribution is -2.07.